The summed E-state index contributed by atoms with van der Waals surface area (Å²) < 4.78 is 23.6. The number of fused-ring (bicyclic) bond motifs is 2. The number of ether oxygens (including phenoxy) is 4. The number of esters is 1. The molecule has 3 atom stereocenters. The minimum atomic E-state index is -0.839. The first-order chi connectivity index (χ1) is 22.3. The molecule has 0 fully saturated rings. The zero-order chi connectivity index (χ0) is 34.0. The molecule has 9 nitrogen and oxygen atoms in total. The SMILES string of the molecule is CC[C@H](Oc1ccc([C@H]2CN(C(C)=O)Cc3cc4c(cc3O2)CN(C(=O)OC(C)(C)C)[C@H](C(=O)OC)C4)cc1)c1ccc(Cl)c(Cl)c1. The highest BCUT2D eigenvalue weighted by Gasteiger charge is 2.39. The molecule has 2 aliphatic heterocycles. The molecule has 0 bridgehead atoms. The number of benzene rings is 3. The molecule has 47 heavy (non-hydrogen) atoms. The fourth-order valence-corrected chi connectivity index (χ4v) is 6.17. The van der Waals surface area contributed by atoms with Gasteiger partial charge < -0.3 is 23.8 Å². The van der Waals surface area contributed by atoms with Crippen LogP contribution in [0.1, 0.15) is 81.1 Å². The Kier molecular flexibility index (Phi) is 10.3. The molecule has 3 aromatic carbocycles. The van der Waals surface area contributed by atoms with Crippen molar-refractivity contribution in [1.29, 1.82) is 0 Å². The van der Waals surface area contributed by atoms with Gasteiger partial charge in [-0.05, 0) is 85.8 Å². The molecule has 0 unspecified atom stereocenters. The molecule has 0 saturated carbocycles. The number of nitrogens with zero attached hydrogens (tertiary/aromatic N) is 2. The Morgan fingerprint density at radius 2 is 1.68 bits per heavy atom. The van der Waals surface area contributed by atoms with Gasteiger partial charge in [0.1, 0.15) is 35.3 Å². The highest BCUT2D eigenvalue weighted by Crippen LogP contribution is 2.38. The quantitative estimate of drug-likeness (QED) is 0.245. The van der Waals surface area contributed by atoms with Gasteiger partial charge >= 0.3 is 12.1 Å². The smallest absolute Gasteiger partial charge is 0.411 e. The maximum atomic E-state index is 13.2. The van der Waals surface area contributed by atoms with E-state index < -0.39 is 29.8 Å². The van der Waals surface area contributed by atoms with Crippen LogP contribution >= 0.6 is 23.2 Å². The van der Waals surface area contributed by atoms with E-state index in [4.69, 9.17) is 42.1 Å². The molecule has 5 rings (SSSR count). The molecule has 0 N–H and O–H groups in total. The summed E-state index contributed by atoms with van der Waals surface area (Å²) in [5, 5.41) is 0.968. The second-order valence-corrected chi connectivity index (χ2v) is 13.7. The minimum absolute atomic E-state index is 0.0833. The van der Waals surface area contributed by atoms with Gasteiger partial charge in [0.2, 0.25) is 5.91 Å². The first-order valence-electron chi connectivity index (χ1n) is 15.6. The third-order valence-electron chi connectivity index (χ3n) is 8.29. The molecule has 2 amide bonds. The second kappa shape index (κ2) is 14.0. The van der Waals surface area contributed by atoms with Crippen molar-refractivity contribution in [2.24, 2.45) is 0 Å². The summed E-state index contributed by atoms with van der Waals surface area (Å²) in [6.45, 7) is 9.74. The Balaban J connectivity index is 1.41. The Bertz CT molecular complexity index is 1650. The summed E-state index contributed by atoms with van der Waals surface area (Å²) in [4.78, 5) is 41.8. The van der Waals surface area contributed by atoms with Crippen molar-refractivity contribution in [3.63, 3.8) is 0 Å². The fraction of sp³-hybridized carbons (Fsp3) is 0.417. The van der Waals surface area contributed by atoms with E-state index in [0.29, 0.717) is 34.6 Å². The molecule has 0 aromatic heterocycles. The van der Waals surface area contributed by atoms with Crippen molar-refractivity contribution in [2.45, 2.75) is 84.4 Å². The number of rotatable bonds is 6. The van der Waals surface area contributed by atoms with Gasteiger partial charge in [0, 0.05) is 25.5 Å². The maximum absolute atomic E-state index is 13.2. The van der Waals surface area contributed by atoms with E-state index in [0.717, 1.165) is 34.2 Å². The van der Waals surface area contributed by atoms with Crippen LogP contribution in [0.15, 0.2) is 54.6 Å². The standard InChI is InChI=1S/C36H40Cl2N2O7/c1-7-31(23-10-13-28(37)29(38)15-23)45-27-11-8-22(9-12-27)33-20-39(21(2)41)18-26-14-24-16-30(34(42)44-6)40(35(43)47-36(3,4)5)19-25(24)17-32(26)46-33/h8-15,17,30-31,33H,7,16,18-20H2,1-6H3/t30-,31-,33+/m0/s1. The zero-order valence-corrected chi connectivity index (χ0v) is 29.0. The lowest BCUT2D eigenvalue weighted by Gasteiger charge is -2.36. The third kappa shape index (κ3) is 7.96. The Morgan fingerprint density at radius 3 is 2.30 bits per heavy atom. The molecule has 3 aromatic rings. The molecule has 0 spiro atoms. The number of methoxy groups -OCH3 is 1. The Hall–Kier alpha value is -3.95. The van der Waals surface area contributed by atoms with Gasteiger partial charge in [-0.15, -0.1) is 0 Å². The molecule has 0 radical (unpaired) electrons. The van der Waals surface area contributed by atoms with E-state index in [2.05, 4.69) is 0 Å². The Morgan fingerprint density at radius 1 is 0.957 bits per heavy atom. The number of amides is 2. The van der Waals surface area contributed by atoms with Crippen LogP contribution in [-0.2, 0) is 38.6 Å². The van der Waals surface area contributed by atoms with E-state index in [1.807, 2.05) is 55.5 Å². The number of carbonyl (C=O) groups is 3. The average Bonchev–Trinajstić information content (AvgIpc) is 3.22. The van der Waals surface area contributed by atoms with Gasteiger partial charge in [0.15, 0.2) is 0 Å². The summed E-state index contributed by atoms with van der Waals surface area (Å²) in [5.74, 6) is 0.692. The molecule has 11 heteroatoms. The maximum Gasteiger partial charge on any atom is 0.411 e. The van der Waals surface area contributed by atoms with Gasteiger partial charge in [0.05, 0.1) is 30.2 Å². The summed E-state index contributed by atoms with van der Waals surface area (Å²) >= 11 is 12.3. The molecular weight excluding hydrogens is 643 g/mol. The van der Waals surface area contributed by atoms with Gasteiger partial charge in [-0.3, -0.25) is 9.69 Å². The first kappa shape index (κ1) is 34.4. The molecular formula is C36H40Cl2N2O7. The second-order valence-electron chi connectivity index (χ2n) is 12.8. The number of hydrogen-bond acceptors (Lipinski definition) is 7. The molecule has 0 aliphatic carbocycles. The van der Waals surface area contributed by atoms with E-state index in [1.54, 1.807) is 31.7 Å². The third-order valence-corrected chi connectivity index (χ3v) is 9.03. The fourth-order valence-electron chi connectivity index (χ4n) is 5.86. The largest absolute Gasteiger partial charge is 0.486 e. The monoisotopic (exact) mass is 682 g/mol. The van der Waals surface area contributed by atoms with Crippen LogP contribution in [0.4, 0.5) is 4.79 Å². The average molecular weight is 684 g/mol. The number of hydrogen-bond donors (Lipinski definition) is 0. The number of carbonyl (C=O) groups excluding carboxylic acids is 3. The van der Waals surface area contributed by atoms with E-state index >= 15 is 0 Å². The number of halogens is 2. The van der Waals surface area contributed by atoms with Crippen LogP contribution in [0.3, 0.4) is 0 Å². The van der Waals surface area contributed by atoms with Crippen LogP contribution < -0.4 is 9.47 Å². The molecule has 250 valence electrons. The van der Waals surface area contributed by atoms with Crippen molar-refractivity contribution in [3.05, 3.63) is 92.5 Å². The van der Waals surface area contributed by atoms with Crippen LogP contribution in [0.5, 0.6) is 11.5 Å². The van der Waals surface area contributed by atoms with Crippen LogP contribution in [0, 0.1) is 0 Å². The van der Waals surface area contributed by atoms with Gasteiger partial charge in [-0.25, -0.2) is 9.59 Å². The first-order valence-corrected chi connectivity index (χ1v) is 16.4. The molecule has 0 saturated heterocycles. The van der Waals surface area contributed by atoms with Crippen LogP contribution in [0.2, 0.25) is 10.0 Å². The van der Waals surface area contributed by atoms with E-state index in [-0.39, 0.29) is 25.0 Å². The lowest BCUT2D eigenvalue weighted by Crippen LogP contribution is -2.50. The lowest BCUT2D eigenvalue weighted by molar-refractivity contribution is -0.147. The highest BCUT2D eigenvalue weighted by atomic mass is 35.5. The summed E-state index contributed by atoms with van der Waals surface area (Å²) in [7, 11) is 1.30. The van der Waals surface area contributed by atoms with Crippen molar-refractivity contribution >= 4 is 41.2 Å². The van der Waals surface area contributed by atoms with E-state index in [1.165, 1.54) is 18.9 Å². The summed E-state index contributed by atoms with van der Waals surface area (Å²) in [6, 6.07) is 16.2. The minimum Gasteiger partial charge on any atom is -0.486 e. The van der Waals surface area contributed by atoms with Gasteiger partial charge in [0.25, 0.3) is 0 Å². The molecule has 2 aliphatic rings. The Labute approximate surface area is 285 Å². The van der Waals surface area contributed by atoms with Crippen molar-refractivity contribution in [3.8, 4) is 11.5 Å². The summed E-state index contributed by atoms with van der Waals surface area (Å²) in [6.07, 6.45) is -0.290. The van der Waals surface area contributed by atoms with E-state index in [9.17, 15) is 14.4 Å². The predicted molar refractivity (Wildman–Crippen MR) is 179 cm³/mol. The predicted octanol–water partition coefficient (Wildman–Crippen LogP) is 7.84. The van der Waals surface area contributed by atoms with Crippen molar-refractivity contribution in [1.82, 2.24) is 9.80 Å². The van der Waals surface area contributed by atoms with Crippen LogP contribution in [-0.4, -0.2) is 53.1 Å². The lowest BCUT2D eigenvalue weighted by atomic mass is 9.92. The van der Waals surface area contributed by atoms with Crippen LogP contribution in [0.25, 0.3) is 0 Å². The van der Waals surface area contributed by atoms with Crippen molar-refractivity contribution < 1.29 is 33.3 Å². The van der Waals surface area contributed by atoms with Gasteiger partial charge in [-0.1, -0.05) is 48.3 Å². The topological polar surface area (TPSA) is 94.6 Å². The van der Waals surface area contributed by atoms with Gasteiger partial charge in [-0.2, -0.15) is 0 Å². The summed E-state index contributed by atoms with van der Waals surface area (Å²) in [5.41, 5.74) is 3.61. The highest BCUT2D eigenvalue weighted by molar-refractivity contribution is 6.42. The zero-order valence-electron chi connectivity index (χ0n) is 27.5. The normalized spacial score (nSPS) is 18.2. The molecule has 2 heterocycles. The van der Waals surface area contributed by atoms with Crippen molar-refractivity contribution in [2.75, 3.05) is 13.7 Å².